The molecule has 2 aromatic carbocycles. The second kappa shape index (κ2) is 9.32. The molecule has 7 nitrogen and oxygen atoms in total. The maximum absolute atomic E-state index is 12.6. The molecule has 1 aliphatic heterocycles. The van der Waals surface area contributed by atoms with Crippen molar-refractivity contribution < 1.29 is 19.1 Å². The summed E-state index contributed by atoms with van der Waals surface area (Å²) in [5.41, 5.74) is 2.21. The summed E-state index contributed by atoms with van der Waals surface area (Å²) in [6, 6.07) is 14.6. The van der Waals surface area contributed by atoms with E-state index in [1.54, 1.807) is 11.0 Å². The van der Waals surface area contributed by atoms with Crippen LogP contribution in [0.2, 0.25) is 0 Å². The van der Waals surface area contributed by atoms with Crippen molar-refractivity contribution in [1.82, 2.24) is 4.90 Å². The number of nitrogens with one attached hydrogen (secondary N) is 1. The van der Waals surface area contributed by atoms with Gasteiger partial charge >= 0.3 is 12.0 Å². The van der Waals surface area contributed by atoms with E-state index in [0.717, 1.165) is 17.1 Å². The van der Waals surface area contributed by atoms with Crippen LogP contribution in [0, 0.1) is 0 Å². The van der Waals surface area contributed by atoms with E-state index in [1.165, 1.54) is 7.11 Å². The summed E-state index contributed by atoms with van der Waals surface area (Å²) < 4.78 is 10.4. The summed E-state index contributed by atoms with van der Waals surface area (Å²) in [4.78, 5) is 28.2. The highest BCUT2D eigenvalue weighted by Crippen LogP contribution is 2.20. The number of benzene rings is 2. The van der Waals surface area contributed by atoms with Crippen molar-refractivity contribution in [2.75, 3.05) is 43.5 Å². The molecule has 0 atom stereocenters. The van der Waals surface area contributed by atoms with E-state index in [2.05, 4.69) is 10.2 Å². The van der Waals surface area contributed by atoms with Crippen LogP contribution >= 0.6 is 0 Å². The zero-order chi connectivity index (χ0) is 20.8. The average Bonchev–Trinajstić information content (AvgIpc) is 2.74. The van der Waals surface area contributed by atoms with Crippen molar-refractivity contribution >= 4 is 23.4 Å². The average molecular weight is 397 g/mol. The molecule has 7 heteroatoms. The quantitative estimate of drug-likeness (QED) is 0.781. The fourth-order valence-electron chi connectivity index (χ4n) is 3.21. The number of urea groups is 1. The highest BCUT2D eigenvalue weighted by atomic mass is 16.5. The molecule has 1 N–H and O–H groups in total. The number of carbonyl (C=O) groups is 2. The van der Waals surface area contributed by atoms with E-state index >= 15 is 0 Å². The van der Waals surface area contributed by atoms with E-state index in [-0.39, 0.29) is 18.1 Å². The van der Waals surface area contributed by atoms with Crippen LogP contribution in [-0.4, -0.2) is 56.3 Å². The molecule has 0 spiro atoms. The van der Waals surface area contributed by atoms with Gasteiger partial charge in [-0.3, -0.25) is 0 Å². The summed E-state index contributed by atoms with van der Waals surface area (Å²) in [6.07, 6.45) is 0.111. The zero-order valence-corrected chi connectivity index (χ0v) is 17.1. The van der Waals surface area contributed by atoms with Crippen LogP contribution in [0.3, 0.4) is 0 Å². The van der Waals surface area contributed by atoms with Crippen LogP contribution < -0.4 is 15.0 Å². The van der Waals surface area contributed by atoms with E-state index in [0.29, 0.717) is 31.7 Å². The molecule has 1 heterocycles. The van der Waals surface area contributed by atoms with Crippen molar-refractivity contribution in [2.45, 2.75) is 20.0 Å². The molecule has 1 fully saturated rings. The SMILES string of the molecule is COC(=O)c1cccc(N2CCN(C(=O)Nc3ccc(OC(C)C)cc3)CC2)c1. The maximum atomic E-state index is 12.6. The number of carbonyl (C=O) groups excluding carboxylic acids is 2. The highest BCUT2D eigenvalue weighted by Gasteiger charge is 2.22. The Morgan fingerprint density at radius 2 is 1.69 bits per heavy atom. The molecule has 3 rings (SSSR count). The summed E-state index contributed by atoms with van der Waals surface area (Å²) in [7, 11) is 1.37. The highest BCUT2D eigenvalue weighted by molar-refractivity contribution is 5.91. The van der Waals surface area contributed by atoms with Crippen molar-refractivity contribution in [2.24, 2.45) is 0 Å². The third kappa shape index (κ3) is 5.40. The number of anilines is 2. The molecular weight excluding hydrogens is 370 g/mol. The smallest absolute Gasteiger partial charge is 0.337 e. The third-order valence-corrected chi connectivity index (χ3v) is 4.68. The largest absolute Gasteiger partial charge is 0.491 e. The van der Waals surface area contributed by atoms with Gasteiger partial charge in [-0.1, -0.05) is 6.07 Å². The third-order valence-electron chi connectivity index (χ3n) is 4.68. The first-order valence-electron chi connectivity index (χ1n) is 9.72. The Kier molecular flexibility index (Phi) is 6.59. The van der Waals surface area contributed by atoms with E-state index in [4.69, 9.17) is 9.47 Å². The lowest BCUT2D eigenvalue weighted by Gasteiger charge is -2.36. The molecule has 2 aromatic rings. The number of rotatable bonds is 5. The Labute approximate surface area is 171 Å². The van der Waals surface area contributed by atoms with Crippen molar-refractivity contribution in [3.05, 3.63) is 54.1 Å². The van der Waals surface area contributed by atoms with Gasteiger partial charge in [0, 0.05) is 37.6 Å². The van der Waals surface area contributed by atoms with Gasteiger partial charge in [-0.2, -0.15) is 0 Å². The molecule has 2 amide bonds. The standard InChI is InChI=1S/C22H27N3O4/c1-16(2)29-20-9-7-18(8-10-20)23-22(27)25-13-11-24(12-14-25)19-6-4-5-17(15-19)21(26)28-3/h4-10,15-16H,11-14H2,1-3H3,(H,23,27). The summed E-state index contributed by atoms with van der Waals surface area (Å²) in [5, 5.41) is 2.93. The number of ether oxygens (including phenoxy) is 2. The Hall–Kier alpha value is -3.22. The van der Waals surface area contributed by atoms with Gasteiger partial charge in [0.25, 0.3) is 0 Å². The molecule has 0 aliphatic carbocycles. The minimum atomic E-state index is -0.352. The van der Waals surface area contributed by atoms with Gasteiger partial charge in [0.05, 0.1) is 18.8 Å². The van der Waals surface area contributed by atoms with Gasteiger partial charge in [0.15, 0.2) is 0 Å². The minimum absolute atomic E-state index is 0.111. The van der Waals surface area contributed by atoms with Gasteiger partial charge in [-0.05, 0) is 56.3 Å². The molecule has 0 unspecified atom stereocenters. The molecule has 0 bridgehead atoms. The van der Waals surface area contributed by atoms with Crippen molar-refractivity contribution in [3.8, 4) is 5.75 Å². The van der Waals surface area contributed by atoms with Crippen LogP contribution in [0.1, 0.15) is 24.2 Å². The monoisotopic (exact) mass is 397 g/mol. The van der Waals surface area contributed by atoms with Gasteiger partial charge < -0.3 is 24.6 Å². The van der Waals surface area contributed by atoms with E-state index in [9.17, 15) is 9.59 Å². The number of amides is 2. The number of hydrogen-bond acceptors (Lipinski definition) is 5. The van der Waals surface area contributed by atoms with Crippen LogP contribution in [0.4, 0.5) is 16.2 Å². The number of methoxy groups -OCH3 is 1. The second-order valence-corrected chi connectivity index (χ2v) is 7.14. The zero-order valence-electron chi connectivity index (χ0n) is 17.1. The molecule has 29 heavy (non-hydrogen) atoms. The minimum Gasteiger partial charge on any atom is -0.491 e. The number of esters is 1. The predicted molar refractivity (Wildman–Crippen MR) is 113 cm³/mol. The van der Waals surface area contributed by atoms with Crippen LogP contribution in [0.15, 0.2) is 48.5 Å². The lowest BCUT2D eigenvalue weighted by atomic mass is 10.1. The predicted octanol–water partition coefficient (Wildman–Crippen LogP) is 3.61. The Balaban J connectivity index is 1.54. The fraction of sp³-hybridized carbons (Fsp3) is 0.364. The van der Waals surface area contributed by atoms with Gasteiger partial charge in [0.2, 0.25) is 0 Å². The molecule has 0 saturated carbocycles. The van der Waals surface area contributed by atoms with Gasteiger partial charge in [-0.15, -0.1) is 0 Å². The Morgan fingerprint density at radius 3 is 2.31 bits per heavy atom. The molecule has 1 aliphatic rings. The van der Waals surface area contributed by atoms with Crippen LogP contribution in [0.5, 0.6) is 5.75 Å². The topological polar surface area (TPSA) is 71.1 Å². The first-order valence-corrected chi connectivity index (χ1v) is 9.72. The summed E-state index contributed by atoms with van der Waals surface area (Å²) in [6.45, 7) is 6.53. The molecule has 0 aromatic heterocycles. The molecule has 1 saturated heterocycles. The van der Waals surface area contributed by atoms with Crippen molar-refractivity contribution in [3.63, 3.8) is 0 Å². The lowest BCUT2D eigenvalue weighted by molar-refractivity contribution is 0.0600. The fourth-order valence-corrected chi connectivity index (χ4v) is 3.21. The summed E-state index contributed by atoms with van der Waals surface area (Å²) >= 11 is 0. The first kappa shape index (κ1) is 20.5. The van der Waals surface area contributed by atoms with Crippen LogP contribution in [0.25, 0.3) is 0 Å². The Morgan fingerprint density at radius 1 is 1.00 bits per heavy atom. The van der Waals surface area contributed by atoms with Crippen molar-refractivity contribution in [1.29, 1.82) is 0 Å². The Bertz CT molecular complexity index is 843. The van der Waals surface area contributed by atoms with E-state index < -0.39 is 0 Å². The molecule has 154 valence electrons. The lowest BCUT2D eigenvalue weighted by Crippen LogP contribution is -2.50. The number of nitrogens with zero attached hydrogens (tertiary/aromatic N) is 2. The first-order chi connectivity index (χ1) is 14.0. The van der Waals surface area contributed by atoms with Gasteiger partial charge in [-0.25, -0.2) is 9.59 Å². The van der Waals surface area contributed by atoms with Gasteiger partial charge in [0.1, 0.15) is 5.75 Å². The number of hydrogen-bond donors (Lipinski definition) is 1. The van der Waals surface area contributed by atoms with E-state index in [1.807, 2.05) is 56.3 Å². The molecule has 0 radical (unpaired) electrons. The molecular formula is C22H27N3O4. The second-order valence-electron chi connectivity index (χ2n) is 7.14. The maximum Gasteiger partial charge on any atom is 0.337 e. The summed E-state index contributed by atoms with van der Waals surface area (Å²) in [5.74, 6) is 0.426. The number of piperazine rings is 1. The van der Waals surface area contributed by atoms with Crippen LogP contribution in [-0.2, 0) is 4.74 Å². The normalized spacial score (nSPS) is 13.9.